The van der Waals surface area contributed by atoms with Crippen molar-refractivity contribution < 1.29 is 9.59 Å². The fourth-order valence-electron chi connectivity index (χ4n) is 2.06. The zero-order valence-electron chi connectivity index (χ0n) is 10.1. The molecule has 1 amide bonds. The van der Waals surface area contributed by atoms with E-state index in [0.717, 1.165) is 5.69 Å². The molecule has 1 saturated heterocycles. The Labute approximate surface area is 101 Å². The standard InChI is InChI=1S/C13H16N2O2/c1-9-8-15(6-4-12(9)16)13(17)11-3-5-14-10(2)7-11/h3,5,7,9H,4,6,8H2,1-2H3. The number of aryl methyl sites for hydroxylation is 1. The van der Waals surface area contributed by atoms with Crippen LogP contribution in [0.1, 0.15) is 29.4 Å². The maximum Gasteiger partial charge on any atom is 0.254 e. The Morgan fingerprint density at radius 2 is 2.29 bits per heavy atom. The van der Waals surface area contributed by atoms with Gasteiger partial charge >= 0.3 is 0 Å². The maximum absolute atomic E-state index is 12.2. The summed E-state index contributed by atoms with van der Waals surface area (Å²) < 4.78 is 0. The zero-order valence-corrected chi connectivity index (χ0v) is 10.1. The minimum absolute atomic E-state index is 0.00477. The number of piperidine rings is 1. The molecule has 1 atom stereocenters. The van der Waals surface area contributed by atoms with E-state index in [4.69, 9.17) is 0 Å². The predicted molar refractivity (Wildman–Crippen MR) is 63.7 cm³/mol. The van der Waals surface area contributed by atoms with Crippen LogP contribution in [-0.4, -0.2) is 34.7 Å². The number of carbonyl (C=O) groups is 2. The second kappa shape index (κ2) is 4.65. The monoisotopic (exact) mass is 232 g/mol. The van der Waals surface area contributed by atoms with Crippen LogP contribution in [0.5, 0.6) is 0 Å². The fourth-order valence-corrected chi connectivity index (χ4v) is 2.06. The van der Waals surface area contributed by atoms with Gasteiger partial charge < -0.3 is 4.90 Å². The third-order valence-electron chi connectivity index (χ3n) is 3.10. The van der Waals surface area contributed by atoms with E-state index in [-0.39, 0.29) is 17.6 Å². The minimum atomic E-state index is -0.0457. The molecule has 0 radical (unpaired) electrons. The summed E-state index contributed by atoms with van der Waals surface area (Å²) in [6, 6.07) is 3.50. The Morgan fingerprint density at radius 1 is 1.53 bits per heavy atom. The molecule has 1 unspecified atom stereocenters. The Balaban J connectivity index is 2.13. The normalized spacial score (nSPS) is 20.5. The number of pyridine rings is 1. The molecule has 0 bridgehead atoms. The lowest BCUT2D eigenvalue weighted by atomic mass is 9.98. The van der Waals surface area contributed by atoms with Gasteiger partial charge in [-0.1, -0.05) is 6.92 Å². The molecule has 1 aromatic heterocycles. The van der Waals surface area contributed by atoms with Crippen LogP contribution in [0.2, 0.25) is 0 Å². The lowest BCUT2D eigenvalue weighted by Crippen LogP contribution is -2.43. The highest BCUT2D eigenvalue weighted by molar-refractivity contribution is 5.95. The molecule has 1 aliphatic heterocycles. The molecular formula is C13H16N2O2. The van der Waals surface area contributed by atoms with Crippen LogP contribution < -0.4 is 0 Å². The number of nitrogens with zero attached hydrogens (tertiary/aromatic N) is 2. The van der Waals surface area contributed by atoms with Crippen LogP contribution in [0.25, 0.3) is 0 Å². The smallest absolute Gasteiger partial charge is 0.254 e. The van der Waals surface area contributed by atoms with E-state index in [1.54, 1.807) is 23.2 Å². The highest BCUT2D eigenvalue weighted by Gasteiger charge is 2.27. The van der Waals surface area contributed by atoms with Crippen molar-refractivity contribution in [3.63, 3.8) is 0 Å². The summed E-state index contributed by atoms with van der Waals surface area (Å²) in [5, 5.41) is 0. The van der Waals surface area contributed by atoms with E-state index in [1.165, 1.54) is 0 Å². The van der Waals surface area contributed by atoms with E-state index in [2.05, 4.69) is 4.98 Å². The summed E-state index contributed by atoms with van der Waals surface area (Å²) in [5.41, 5.74) is 1.48. The lowest BCUT2D eigenvalue weighted by Gasteiger charge is -2.30. The second-order valence-corrected chi connectivity index (χ2v) is 4.55. The molecule has 17 heavy (non-hydrogen) atoms. The predicted octanol–water partition coefficient (Wildman–Crippen LogP) is 1.44. The molecule has 1 fully saturated rings. The van der Waals surface area contributed by atoms with Crippen LogP contribution in [0.3, 0.4) is 0 Å². The zero-order chi connectivity index (χ0) is 12.4. The topological polar surface area (TPSA) is 50.3 Å². The fraction of sp³-hybridized carbons (Fsp3) is 0.462. The molecule has 2 rings (SSSR count). The Bertz CT molecular complexity index is 456. The average molecular weight is 232 g/mol. The Morgan fingerprint density at radius 3 is 2.94 bits per heavy atom. The van der Waals surface area contributed by atoms with Crippen molar-refractivity contribution in [1.82, 2.24) is 9.88 Å². The molecule has 0 N–H and O–H groups in total. The van der Waals surface area contributed by atoms with Crippen LogP contribution in [-0.2, 0) is 4.79 Å². The quantitative estimate of drug-likeness (QED) is 0.736. The van der Waals surface area contributed by atoms with Crippen LogP contribution in [0.15, 0.2) is 18.3 Å². The molecule has 4 heteroatoms. The SMILES string of the molecule is Cc1cc(C(=O)N2CCC(=O)C(C)C2)ccn1. The minimum Gasteiger partial charge on any atom is -0.337 e. The first-order chi connectivity index (χ1) is 8.08. The number of likely N-dealkylation sites (tertiary alicyclic amines) is 1. The summed E-state index contributed by atoms with van der Waals surface area (Å²) in [5.74, 6) is 0.199. The Hall–Kier alpha value is -1.71. The lowest BCUT2D eigenvalue weighted by molar-refractivity contribution is -0.124. The molecule has 90 valence electrons. The maximum atomic E-state index is 12.2. The van der Waals surface area contributed by atoms with E-state index in [9.17, 15) is 9.59 Å². The molecule has 0 spiro atoms. The second-order valence-electron chi connectivity index (χ2n) is 4.55. The van der Waals surface area contributed by atoms with Crippen molar-refractivity contribution in [2.45, 2.75) is 20.3 Å². The van der Waals surface area contributed by atoms with E-state index in [1.807, 2.05) is 13.8 Å². The van der Waals surface area contributed by atoms with Crippen molar-refractivity contribution in [2.24, 2.45) is 5.92 Å². The van der Waals surface area contributed by atoms with Crippen molar-refractivity contribution in [3.05, 3.63) is 29.6 Å². The van der Waals surface area contributed by atoms with E-state index < -0.39 is 0 Å². The van der Waals surface area contributed by atoms with Gasteiger partial charge in [0.2, 0.25) is 0 Å². The van der Waals surface area contributed by atoms with Gasteiger partial charge in [-0.15, -0.1) is 0 Å². The molecular weight excluding hydrogens is 216 g/mol. The van der Waals surface area contributed by atoms with E-state index in [0.29, 0.717) is 25.1 Å². The van der Waals surface area contributed by atoms with Crippen molar-refractivity contribution >= 4 is 11.7 Å². The molecule has 1 aliphatic rings. The van der Waals surface area contributed by atoms with Gasteiger partial charge in [0.1, 0.15) is 5.78 Å². The van der Waals surface area contributed by atoms with Gasteiger partial charge in [0.25, 0.3) is 5.91 Å². The number of carbonyl (C=O) groups excluding carboxylic acids is 2. The highest BCUT2D eigenvalue weighted by Crippen LogP contribution is 2.15. The van der Waals surface area contributed by atoms with Gasteiger partial charge in [0.15, 0.2) is 0 Å². The number of rotatable bonds is 1. The molecule has 0 aliphatic carbocycles. The molecule has 2 heterocycles. The van der Waals surface area contributed by atoms with Crippen molar-refractivity contribution in [3.8, 4) is 0 Å². The van der Waals surface area contributed by atoms with Gasteiger partial charge in [0, 0.05) is 42.9 Å². The third kappa shape index (κ3) is 2.52. The number of ketones is 1. The largest absolute Gasteiger partial charge is 0.337 e. The third-order valence-corrected chi connectivity index (χ3v) is 3.10. The highest BCUT2D eigenvalue weighted by atomic mass is 16.2. The van der Waals surface area contributed by atoms with Gasteiger partial charge in [-0.25, -0.2) is 0 Å². The molecule has 0 aromatic carbocycles. The summed E-state index contributed by atoms with van der Waals surface area (Å²) >= 11 is 0. The number of amides is 1. The number of hydrogen-bond acceptors (Lipinski definition) is 3. The first-order valence-electron chi connectivity index (χ1n) is 5.82. The summed E-state index contributed by atoms with van der Waals surface area (Å²) in [6.45, 7) is 4.79. The summed E-state index contributed by atoms with van der Waals surface area (Å²) in [6.07, 6.45) is 2.11. The summed E-state index contributed by atoms with van der Waals surface area (Å²) in [4.78, 5) is 29.4. The number of Topliss-reactive ketones (excluding diaryl/α,β-unsaturated/α-hetero) is 1. The van der Waals surface area contributed by atoms with Gasteiger partial charge in [-0.05, 0) is 19.1 Å². The van der Waals surface area contributed by atoms with Crippen LogP contribution >= 0.6 is 0 Å². The van der Waals surface area contributed by atoms with Gasteiger partial charge in [-0.3, -0.25) is 14.6 Å². The van der Waals surface area contributed by atoms with Crippen LogP contribution in [0.4, 0.5) is 0 Å². The van der Waals surface area contributed by atoms with Crippen LogP contribution in [0, 0.1) is 12.8 Å². The van der Waals surface area contributed by atoms with Crippen molar-refractivity contribution in [2.75, 3.05) is 13.1 Å². The number of hydrogen-bond donors (Lipinski definition) is 0. The summed E-state index contributed by atoms with van der Waals surface area (Å²) in [7, 11) is 0. The van der Waals surface area contributed by atoms with Crippen molar-refractivity contribution in [1.29, 1.82) is 0 Å². The molecule has 4 nitrogen and oxygen atoms in total. The van der Waals surface area contributed by atoms with Gasteiger partial charge in [-0.2, -0.15) is 0 Å². The molecule has 0 saturated carbocycles. The molecule has 1 aromatic rings. The average Bonchev–Trinajstić information content (AvgIpc) is 2.32. The number of aromatic nitrogens is 1. The van der Waals surface area contributed by atoms with Gasteiger partial charge in [0.05, 0.1) is 0 Å². The first kappa shape index (κ1) is 11.8. The Kier molecular flexibility index (Phi) is 3.22. The first-order valence-corrected chi connectivity index (χ1v) is 5.82. The van der Waals surface area contributed by atoms with E-state index >= 15 is 0 Å².